The van der Waals surface area contributed by atoms with Gasteiger partial charge in [0.05, 0.1) is 6.04 Å². The molecule has 156 valence electrons. The number of amides is 3. The SMILES string of the molecule is CCNC(=O)CCC(C=O)NC(=O)[C@H](CC1CC1)NC(=O)/C=C/c1ccccc1. The van der Waals surface area contributed by atoms with Crippen LogP contribution in [0.5, 0.6) is 0 Å². The molecule has 3 amide bonds. The van der Waals surface area contributed by atoms with E-state index in [4.69, 9.17) is 0 Å². The number of carbonyl (C=O) groups is 4. The minimum Gasteiger partial charge on any atom is -0.356 e. The van der Waals surface area contributed by atoms with Crippen LogP contribution in [0.4, 0.5) is 0 Å². The molecule has 1 aliphatic rings. The molecule has 1 aromatic rings. The Balaban J connectivity index is 1.90. The fourth-order valence-corrected chi connectivity index (χ4v) is 2.90. The predicted molar refractivity (Wildman–Crippen MR) is 111 cm³/mol. The molecule has 1 fully saturated rings. The van der Waals surface area contributed by atoms with Crippen molar-refractivity contribution in [3.63, 3.8) is 0 Å². The third-order valence-corrected chi connectivity index (χ3v) is 4.67. The van der Waals surface area contributed by atoms with Gasteiger partial charge in [0, 0.05) is 19.0 Å². The summed E-state index contributed by atoms with van der Waals surface area (Å²) in [6.45, 7) is 2.33. The number of nitrogens with one attached hydrogen (secondary N) is 3. The van der Waals surface area contributed by atoms with Crippen LogP contribution in [0, 0.1) is 5.92 Å². The molecule has 1 saturated carbocycles. The molecule has 29 heavy (non-hydrogen) atoms. The fourth-order valence-electron chi connectivity index (χ4n) is 2.90. The Morgan fingerprint density at radius 2 is 1.86 bits per heavy atom. The van der Waals surface area contributed by atoms with Gasteiger partial charge in [-0.15, -0.1) is 0 Å². The van der Waals surface area contributed by atoms with E-state index >= 15 is 0 Å². The maximum absolute atomic E-state index is 12.6. The van der Waals surface area contributed by atoms with Gasteiger partial charge < -0.3 is 20.7 Å². The molecule has 0 aromatic heterocycles. The Morgan fingerprint density at radius 3 is 2.48 bits per heavy atom. The molecule has 7 heteroatoms. The van der Waals surface area contributed by atoms with Crippen LogP contribution >= 0.6 is 0 Å². The van der Waals surface area contributed by atoms with Crippen LogP contribution in [0.3, 0.4) is 0 Å². The van der Waals surface area contributed by atoms with E-state index in [0.717, 1.165) is 18.4 Å². The monoisotopic (exact) mass is 399 g/mol. The molecule has 1 aliphatic carbocycles. The van der Waals surface area contributed by atoms with Crippen LogP contribution in [-0.4, -0.2) is 42.6 Å². The van der Waals surface area contributed by atoms with E-state index in [1.165, 1.54) is 6.08 Å². The van der Waals surface area contributed by atoms with Crippen molar-refractivity contribution in [3.8, 4) is 0 Å². The van der Waals surface area contributed by atoms with Gasteiger partial charge in [-0.3, -0.25) is 14.4 Å². The Kier molecular flexibility index (Phi) is 9.08. The lowest BCUT2D eigenvalue weighted by Gasteiger charge is -2.20. The zero-order valence-corrected chi connectivity index (χ0v) is 16.7. The second-order valence-electron chi connectivity index (χ2n) is 7.23. The van der Waals surface area contributed by atoms with Crippen LogP contribution in [0.1, 0.15) is 44.6 Å². The smallest absolute Gasteiger partial charge is 0.244 e. The van der Waals surface area contributed by atoms with Crippen molar-refractivity contribution in [2.75, 3.05) is 6.54 Å². The number of carbonyl (C=O) groups excluding carboxylic acids is 4. The van der Waals surface area contributed by atoms with E-state index in [0.29, 0.717) is 25.2 Å². The molecule has 2 rings (SSSR count). The van der Waals surface area contributed by atoms with Gasteiger partial charge in [0.1, 0.15) is 12.3 Å². The topological polar surface area (TPSA) is 104 Å². The van der Waals surface area contributed by atoms with Crippen molar-refractivity contribution in [3.05, 3.63) is 42.0 Å². The number of aldehydes is 1. The minimum absolute atomic E-state index is 0.150. The zero-order chi connectivity index (χ0) is 21.1. The molecule has 0 bridgehead atoms. The van der Waals surface area contributed by atoms with Crippen LogP contribution in [0.2, 0.25) is 0 Å². The summed E-state index contributed by atoms with van der Waals surface area (Å²) in [4.78, 5) is 47.8. The summed E-state index contributed by atoms with van der Waals surface area (Å²) >= 11 is 0. The number of benzene rings is 1. The van der Waals surface area contributed by atoms with Crippen molar-refractivity contribution in [1.82, 2.24) is 16.0 Å². The summed E-state index contributed by atoms with van der Waals surface area (Å²) in [5.74, 6) is -0.511. The molecule has 0 aliphatic heterocycles. The van der Waals surface area contributed by atoms with Crippen LogP contribution < -0.4 is 16.0 Å². The number of hydrogen-bond acceptors (Lipinski definition) is 4. The van der Waals surface area contributed by atoms with Gasteiger partial charge in [-0.1, -0.05) is 43.2 Å². The highest BCUT2D eigenvalue weighted by molar-refractivity contribution is 5.96. The summed E-state index contributed by atoms with van der Waals surface area (Å²) in [5.41, 5.74) is 0.886. The zero-order valence-electron chi connectivity index (χ0n) is 16.7. The van der Waals surface area contributed by atoms with Crippen molar-refractivity contribution >= 4 is 30.1 Å². The van der Waals surface area contributed by atoms with Crippen LogP contribution in [0.15, 0.2) is 36.4 Å². The van der Waals surface area contributed by atoms with Crippen LogP contribution in [0.25, 0.3) is 6.08 Å². The number of rotatable bonds is 12. The second kappa shape index (κ2) is 11.8. The molecule has 0 radical (unpaired) electrons. The third-order valence-electron chi connectivity index (χ3n) is 4.67. The Labute approximate surface area is 171 Å². The molecule has 0 heterocycles. The van der Waals surface area contributed by atoms with E-state index in [2.05, 4.69) is 16.0 Å². The molecule has 1 unspecified atom stereocenters. The second-order valence-corrected chi connectivity index (χ2v) is 7.23. The fraction of sp³-hybridized carbons (Fsp3) is 0.455. The molecular formula is C22H29N3O4. The lowest BCUT2D eigenvalue weighted by atomic mass is 10.1. The van der Waals surface area contributed by atoms with E-state index in [9.17, 15) is 19.2 Å². The molecule has 2 atom stereocenters. The van der Waals surface area contributed by atoms with Gasteiger partial charge in [0.15, 0.2) is 0 Å². The van der Waals surface area contributed by atoms with Crippen molar-refractivity contribution in [2.24, 2.45) is 5.92 Å². The summed E-state index contributed by atoms with van der Waals surface area (Å²) in [5, 5.41) is 8.05. The largest absolute Gasteiger partial charge is 0.356 e. The van der Waals surface area contributed by atoms with Gasteiger partial charge in [-0.2, -0.15) is 0 Å². The molecule has 0 spiro atoms. The highest BCUT2D eigenvalue weighted by Crippen LogP contribution is 2.33. The molecule has 0 saturated heterocycles. The standard InChI is InChI=1S/C22H29N3O4/c1-2-23-20(27)13-11-18(15-26)24-22(29)19(14-17-8-9-17)25-21(28)12-10-16-6-4-3-5-7-16/h3-7,10,12,15,17-19H,2,8-9,11,13-14H2,1H3,(H,23,27)(H,24,29)(H,25,28)/b12-10+/t18?,19-/m0/s1. The average molecular weight is 399 g/mol. The van der Waals surface area contributed by atoms with E-state index in [-0.39, 0.29) is 24.7 Å². The van der Waals surface area contributed by atoms with Gasteiger partial charge >= 0.3 is 0 Å². The first-order valence-corrected chi connectivity index (χ1v) is 10.1. The molecule has 3 N–H and O–H groups in total. The first-order chi connectivity index (χ1) is 14.0. The minimum atomic E-state index is -0.761. The first kappa shape index (κ1) is 22.3. The van der Waals surface area contributed by atoms with Crippen LogP contribution in [-0.2, 0) is 19.2 Å². The maximum atomic E-state index is 12.6. The molecule has 1 aromatic carbocycles. The quantitative estimate of drug-likeness (QED) is 0.367. The number of hydrogen-bond donors (Lipinski definition) is 3. The average Bonchev–Trinajstić information content (AvgIpc) is 3.54. The van der Waals surface area contributed by atoms with Gasteiger partial charge in [-0.25, -0.2) is 0 Å². The summed E-state index contributed by atoms with van der Waals surface area (Å²) in [7, 11) is 0. The summed E-state index contributed by atoms with van der Waals surface area (Å²) < 4.78 is 0. The molecule has 7 nitrogen and oxygen atoms in total. The van der Waals surface area contributed by atoms with E-state index in [1.54, 1.807) is 6.08 Å². The highest BCUT2D eigenvalue weighted by Gasteiger charge is 2.31. The molecular weight excluding hydrogens is 370 g/mol. The van der Waals surface area contributed by atoms with Crippen molar-refractivity contribution in [2.45, 2.75) is 51.1 Å². The first-order valence-electron chi connectivity index (χ1n) is 10.1. The third kappa shape index (κ3) is 8.72. The lowest BCUT2D eigenvalue weighted by Crippen LogP contribution is -2.50. The van der Waals surface area contributed by atoms with E-state index < -0.39 is 18.0 Å². The summed E-state index contributed by atoms with van der Waals surface area (Å²) in [6.07, 6.45) is 6.69. The maximum Gasteiger partial charge on any atom is 0.244 e. The highest BCUT2D eigenvalue weighted by atomic mass is 16.2. The normalized spacial score (nSPS) is 15.3. The van der Waals surface area contributed by atoms with Gasteiger partial charge in [0.2, 0.25) is 17.7 Å². The predicted octanol–water partition coefficient (Wildman–Crippen LogP) is 1.58. The summed E-state index contributed by atoms with van der Waals surface area (Å²) in [6, 6.07) is 7.93. The Hall–Kier alpha value is -2.96. The van der Waals surface area contributed by atoms with E-state index in [1.807, 2.05) is 37.3 Å². The van der Waals surface area contributed by atoms with Gasteiger partial charge in [0.25, 0.3) is 0 Å². The lowest BCUT2D eigenvalue weighted by molar-refractivity contribution is -0.129. The van der Waals surface area contributed by atoms with Crippen molar-refractivity contribution in [1.29, 1.82) is 0 Å². The van der Waals surface area contributed by atoms with Crippen molar-refractivity contribution < 1.29 is 19.2 Å². The van der Waals surface area contributed by atoms with Gasteiger partial charge in [-0.05, 0) is 37.3 Å². The Bertz CT molecular complexity index is 729. The Morgan fingerprint density at radius 1 is 1.14 bits per heavy atom.